The van der Waals surface area contributed by atoms with Crippen LogP contribution in [0.1, 0.15) is 29.8 Å². The predicted molar refractivity (Wildman–Crippen MR) is 111 cm³/mol. The van der Waals surface area contributed by atoms with Crippen LogP contribution in [0.4, 0.5) is 0 Å². The molecule has 0 aliphatic carbocycles. The van der Waals surface area contributed by atoms with Crippen molar-refractivity contribution in [2.45, 2.75) is 20.3 Å². The lowest BCUT2D eigenvalue weighted by Crippen LogP contribution is -2.49. The van der Waals surface area contributed by atoms with Gasteiger partial charge in [0.2, 0.25) is 0 Å². The Morgan fingerprint density at radius 3 is 2.25 bits per heavy atom. The van der Waals surface area contributed by atoms with E-state index in [1.165, 1.54) is 5.56 Å². The van der Waals surface area contributed by atoms with Gasteiger partial charge in [0.15, 0.2) is 11.5 Å². The highest BCUT2D eigenvalue weighted by Crippen LogP contribution is 2.29. The van der Waals surface area contributed by atoms with Crippen molar-refractivity contribution in [3.8, 4) is 11.5 Å². The summed E-state index contributed by atoms with van der Waals surface area (Å²) >= 11 is 0. The molecule has 2 aromatic carbocycles. The van der Waals surface area contributed by atoms with E-state index in [1.807, 2.05) is 36.9 Å². The first-order chi connectivity index (χ1) is 13.7. The van der Waals surface area contributed by atoms with Gasteiger partial charge in [0.25, 0.3) is 5.91 Å². The van der Waals surface area contributed by atoms with Gasteiger partial charge in [-0.3, -0.25) is 9.69 Å². The second kappa shape index (κ2) is 10.1. The minimum atomic E-state index is 0.0618. The maximum absolute atomic E-state index is 12.9. The van der Waals surface area contributed by atoms with Crippen molar-refractivity contribution in [2.75, 3.05) is 45.9 Å². The average molecular weight is 383 g/mol. The smallest absolute Gasteiger partial charge is 0.254 e. The van der Waals surface area contributed by atoms with Crippen LogP contribution in [-0.2, 0) is 6.42 Å². The van der Waals surface area contributed by atoms with Gasteiger partial charge in [-0.2, -0.15) is 0 Å². The van der Waals surface area contributed by atoms with E-state index in [4.69, 9.17) is 9.47 Å². The van der Waals surface area contributed by atoms with Gasteiger partial charge in [0.05, 0.1) is 13.2 Å². The van der Waals surface area contributed by atoms with Crippen LogP contribution in [0.15, 0.2) is 48.5 Å². The zero-order valence-corrected chi connectivity index (χ0v) is 16.9. The van der Waals surface area contributed by atoms with Crippen molar-refractivity contribution in [1.82, 2.24) is 9.80 Å². The first-order valence-corrected chi connectivity index (χ1v) is 10.2. The molecule has 1 heterocycles. The molecule has 0 aromatic heterocycles. The number of nitrogens with zero attached hydrogens (tertiary/aromatic N) is 2. The van der Waals surface area contributed by atoms with E-state index in [9.17, 15) is 4.79 Å². The Labute approximate surface area is 167 Å². The molecule has 0 unspecified atom stereocenters. The zero-order valence-electron chi connectivity index (χ0n) is 16.9. The summed E-state index contributed by atoms with van der Waals surface area (Å²) in [4.78, 5) is 17.3. The van der Waals surface area contributed by atoms with Crippen molar-refractivity contribution in [3.05, 3.63) is 59.7 Å². The Bertz CT molecular complexity index is 756. The van der Waals surface area contributed by atoms with Gasteiger partial charge in [-0.1, -0.05) is 30.3 Å². The third-order valence-electron chi connectivity index (χ3n) is 5.01. The molecule has 1 saturated heterocycles. The fraction of sp³-hybridized carbons (Fsp3) is 0.435. The van der Waals surface area contributed by atoms with Crippen LogP contribution < -0.4 is 9.47 Å². The summed E-state index contributed by atoms with van der Waals surface area (Å²) in [6.07, 6.45) is 1.05. The summed E-state index contributed by atoms with van der Waals surface area (Å²) in [5.41, 5.74) is 2.02. The molecule has 5 nitrogen and oxygen atoms in total. The second-order valence-electron chi connectivity index (χ2n) is 6.90. The Hall–Kier alpha value is -2.53. The predicted octanol–water partition coefficient (Wildman–Crippen LogP) is 3.48. The van der Waals surface area contributed by atoms with E-state index >= 15 is 0 Å². The van der Waals surface area contributed by atoms with Crippen LogP contribution in [0.25, 0.3) is 0 Å². The minimum absolute atomic E-state index is 0.0618. The lowest BCUT2D eigenvalue weighted by atomic mass is 10.1. The standard InChI is InChI=1S/C23H30N2O3/c1-3-27-21-11-10-20(18-22(21)28-4-2)23(26)25-16-14-24(15-17-25)13-12-19-8-6-5-7-9-19/h5-11,18H,3-4,12-17H2,1-2H3. The molecule has 0 saturated carbocycles. The molecule has 0 radical (unpaired) electrons. The topological polar surface area (TPSA) is 42.0 Å². The minimum Gasteiger partial charge on any atom is -0.490 e. The molecule has 2 aromatic rings. The van der Waals surface area contributed by atoms with Crippen molar-refractivity contribution < 1.29 is 14.3 Å². The van der Waals surface area contributed by atoms with Crippen LogP contribution in [-0.4, -0.2) is 61.6 Å². The number of ether oxygens (including phenoxy) is 2. The molecular weight excluding hydrogens is 352 g/mol. The number of hydrogen-bond donors (Lipinski definition) is 0. The number of hydrogen-bond acceptors (Lipinski definition) is 4. The normalized spacial score (nSPS) is 14.7. The molecule has 5 heteroatoms. The highest BCUT2D eigenvalue weighted by Gasteiger charge is 2.23. The summed E-state index contributed by atoms with van der Waals surface area (Å²) < 4.78 is 11.2. The van der Waals surface area contributed by atoms with Crippen LogP contribution in [0.3, 0.4) is 0 Å². The van der Waals surface area contributed by atoms with Gasteiger partial charge in [0.1, 0.15) is 0 Å². The van der Waals surface area contributed by atoms with E-state index < -0.39 is 0 Å². The molecule has 28 heavy (non-hydrogen) atoms. The van der Waals surface area contributed by atoms with Crippen LogP contribution in [0, 0.1) is 0 Å². The summed E-state index contributed by atoms with van der Waals surface area (Å²) in [5, 5.41) is 0. The summed E-state index contributed by atoms with van der Waals surface area (Å²) in [5.74, 6) is 1.38. The third-order valence-corrected chi connectivity index (χ3v) is 5.01. The van der Waals surface area contributed by atoms with Crippen molar-refractivity contribution >= 4 is 5.91 Å². The number of benzene rings is 2. The van der Waals surface area contributed by atoms with E-state index in [0.29, 0.717) is 30.3 Å². The number of piperazine rings is 1. The largest absolute Gasteiger partial charge is 0.490 e. The van der Waals surface area contributed by atoms with E-state index in [2.05, 4.69) is 29.2 Å². The molecule has 150 valence electrons. The maximum atomic E-state index is 12.9. The Balaban J connectivity index is 1.55. The highest BCUT2D eigenvalue weighted by atomic mass is 16.5. The molecule has 3 rings (SSSR count). The van der Waals surface area contributed by atoms with Crippen molar-refractivity contribution in [3.63, 3.8) is 0 Å². The van der Waals surface area contributed by atoms with Crippen LogP contribution in [0.2, 0.25) is 0 Å². The molecule has 0 bridgehead atoms. The first-order valence-electron chi connectivity index (χ1n) is 10.2. The van der Waals surface area contributed by atoms with Gasteiger partial charge in [-0.15, -0.1) is 0 Å². The monoisotopic (exact) mass is 382 g/mol. The number of carbonyl (C=O) groups is 1. The fourth-order valence-corrected chi connectivity index (χ4v) is 3.47. The van der Waals surface area contributed by atoms with Gasteiger partial charge < -0.3 is 14.4 Å². The van der Waals surface area contributed by atoms with Crippen molar-refractivity contribution in [2.24, 2.45) is 0 Å². The van der Waals surface area contributed by atoms with E-state index in [-0.39, 0.29) is 5.91 Å². The lowest BCUT2D eigenvalue weighted by Gasteiger charge is -2.34. The summed E-state index contributed by atoms with van der Waals surface area (Å²) in [6.45, 7) is 9.34. The van der Waals surface area contributed by atoms with Gasteiger partial charge in [0, 0.05) is 38.3 Å². The van der Waals surface area contributed by atoms with Gasteiger partial charge in [-0.05, 0) is 44.0 Å². The first kappa shape index (κ1) is 20.2. The van der Waals surface area contributed by atoms with E-state index in [0.717, 1.165) is 39.1 Å². The molecule has 1 aliphatic heterocycles. The van der Waals surface area contributed by atoms with Crippen LogP contribution >= 0.6 is 0 Å². The van der Waals surface area contributed by atoms with Gasteiger partial charge >= 0.3 is 0 Å². The Kier molecular flexibility index (Phi) is 7.31. The molecule has 1 fully saturated rings. The Morgan fingerprint density at radius 1 is 0.893 bits per heavy atom. The lowest BCUT2D eigenvalue weighted by molar-refractivity contribution is 0.0638. The molecule has 1 aliphatic rings. The second-order valence-corrected chi connectivity index (χ2v) is 6.90. The van der Waals surface area contributed by atoms with Gasteiger partial charge in [-0.25, -0.2) is 0 Å². The fourth-order valence-electron chi connectivity index (χ4n) is 3.47. The highest BCUT2D eigenvalue weighted by molar-refractivity contribution is 5.95. The van der Waals surface area contributed by atoms with Crippen LogP contribution in [0.5, 0.6) is 11.5 Å². The molecular formula is C23H30N2O3. The SMILES string of the molecule is CCOc1ccc(C(=O)N2CCN(CCc3ccccc3)CC2)cc1OCC. The number of carbonyl (C=O) groups excluding carboxylic acids is 1. The molecule has 0 atom stereocenters. The number of amides is 1. The maximum Gasteiger partial charge on any atom is 0.254 e. The van der Waals surface area contributed by atoms with E-state index in [1.54, 1.807) is 6.07 Å². The molecule has 0 N–H and O–H groups in total. The quantitative estimate of drug-likeness (QED) is 0.701. The van der Waals surface area contributed by atoms with Crippen molar-refractivity contribution in [1.29, 1.82) is 0 Å². The zero-order chi connectivity index (χ0) is 19.8. The molecule has 0 spiro atoms. The molecule has 1 amide bonds. The number of rotatable bonds is 8. The Morgan fingerprint density at radius 2 is 1.57 bits per heavy atom. The average Bonchev–Trinajstić information content (AvgIpc) is 2.74. The summed E-state index contributed by atoms with van der Waals surface area (Å²) in [7, 11) is 0. The third kappa shape index (κ3) is 5.26. The summed E-state index contributed by atoms with van der Waals surface area (Å²) in [6, 6.07) is 16.0.